The lowest BCUT2D eigenvalue weighted by Crippen LogP contribution is -2.27. The zero-order chi connectivity index (χ0) is 9.97. The highest BCUT2D eigenvalue weighted by Gasteiger charge is 2.18. The minimum Gasteiger partial charge on any atom is -0.317 e. The monoisotopic (exact) mass is 233 g/mol. The molecule has 0 aliphatic carbocycles. The van der Waals surface area contributed by atoms with Gasteiger partial charge in [-0.3, -0.25) is 0 Å². The number of nitrogens with one attached hydrogen (secondary N) is 1. The zero-order valence-corrected chi connectivity index (χ0v) is 9.12. The van der Waals surface area contributed by atoms with E-state index in [-0.39, 0.29) is 30.0 Å². The topological polar surface area (TPSA) is 12.0 Å². The van der Waals surface area contributed by atoms with E-state index in [0.717, 1.165) is 25.9 Å². The molecule has 1 aromatic rings. The third kappa shape index (κ3) is 2.89. The average molecular weight is 234 g/mol. The fourth-order valence-electron chi connectivity index (χ4n) is 1.96. The SMILES string of the molecule is Cl.Fc1ccc(F)c(C2CCNCC2)c1. The van der Waals surface area contributed by atoms with Crippen LogP contribution in [0.1, 0.15) is 24.3 Å². The Bertz CT molecular complexity index is 324. The lowest BCUT2D eigenvalue weighted by atomic mass is 9.90. The molecule has 0 radical (unpaired) electrons. The molecule has 2 rings (SSSR count). The molecule has 0 aromatic heterocycles. The molecule has 1 aliphatic rings. The van der Waals surface area contributed by atoms with Gasteiger partial charge >= 0.3 is 0 Å². The van der Waals surface area contributed by atoms with Crippen LogP contribution >= 0.6 is 12.4 Å². The predicted octanol–water partition coefficient (Wildman–Crippen LogP) is 2.85. The Balaban J connectivity index is 0.00000112. The Morgan fingerprint density at radius 2 is 1.80 bits per heavy atom. The molecule has 0 atom stereocenters. The van der Waals surface area contributed by atoms with Gasteiger partial charge in [-0.2, -0.15) is 0 Å². The normalized spacial score (nSPS) is 17.2. The first-order valence-electron chi connectivity index (χ1n) is 4.93. The van der Waals surface area contributed by atoms with Gasteiger partial charge in [0, 0.05) is 0 Å². The van der Waals surface area contributed by atoms with E-state index in [1.165, 1.54) is 18.2 Å². The number of hydrogen-bond donors (Lipinski definition) is 1. The second kappa shape index (κ2) is 5.42. The van der Waals surface area contributed by atoms with E-state index in [2.05, 4.69) is 5.32 Å². The summed E-state index contributed by atoms with van der Waals surface area (Å²) in [4.78, 5) is 0. The second-order valence-corrected chi connectivity index (χ2v) is 3.69. The first-order chi connectivity index (χ1) is 6.77. The van der Waals surface area contributed by atoms with Crippen molar-refractivity contribution in [3.63, 3.8) is 0 Å². The summed E-state index contributed by atoms with van der Waals surface area (Å²) in [6.45, 7) is 1.78. The maximum absolute atomic E-state index is 13.4. The van der Waals surface area contributed by atoms with E-state index in [1.54, 1.807) is 0 Å². The molecule has 1 aliphatic heterocycles. The molecule has 1 nitrogen and oxygen atoms in total. The Hall–Kier alpha value is -0.670. The standard InChI is InChI=1S/C11H13F2N.ClH/c12-9-1-2-11(13)10(7-9)8-3-5-14-6-4-8;/h1-2,7-8,14H,3-6H2;1H. The molecule has 4 heteroatoms. The quantitative estimate of drug-likeness (QED) is 0.787. The average Bonchev–Trinajstić information content (AvgIpc) is 2.23. The summed E-state index contributed by atoms with van der Waals surface area (Å²) in [6.07, 6.45) is 1.78. The van der Waals surface area contributed by atoms with Crippen LogP contribution in [0.3, 0.4) is 0 Å². The molecule has 1 saturated heterocycles. The summed E-state index contributed by atoms with van der Waals surface area (Å²) in [5, 5.41) is 3.20. The molecular weight excluding hydrogens is 220 g/mol. The minimum atomic E-state index is -0.347. The number of piperidine rings is 1. The molecule has 1 heterocycles. The molecule has 0 saturated carbocycles. The molecular formula is C11H14ClF2N. The van der Waals surface area contributed by atoms with Crippen molar-refractivity contribution in [3.05, 3.63) is 35.4 Å². The molecule has 84 valence electrons. The van der Waals surface area contributed by atoms with Crippen molar-refractivity contribution in [2.24, 2.45) is 0 Å². The summed E-state index contributed by atoms with van der Waals surface area (Å²) in [6, 6.07) is 3.71. The Morgan fingerprint density at radius 1 is 1.13 bits per heavy atom. The number of hydrogen-bond acceptors (Lipinski definition) is 1. The summed E-state index contributed by atoms with van der Waals surface area (Å²) in [7, 11) is 0. The van der Waals surface area contributed by atoms with Crippen LogP contribution < -0.4 is 5.32 Å². The van der Waals surface area contributed by atoms with Gasteiger partial charge in [0.15, 0.2) is 0 Å². The lowest BCUT2D eigenvalue weighted by molar-refractivity contribution is 0.442. The molecule has 1 aromatic carbocycles. The Labute approximate surface area is 94.3 Å². The molecule has 0 bridgehead atoms. The number of rotatable bonds is 1. The van der Waals surface area contributed by atoms with Crippen LogP contribution in [0.15, 0.2) is 18.2 Å². The maximum Gasteiger partial charge on any atom is 0.126 e. The van der Waals surface area contributed by atoms with Gasteiger partial charge in [0.1, 0.15) is 11.6 Å². The van der Waals surface area contributed by atoms with Gasteiger partial charge in [-0.05, 0) is 55.6 Å². The van der Waals surface area contributed by atoms with Crippen molar-refractivity contribution in [3.8, 4) is 0 Å². The van der Waals surface area contributed by atoms with Crippen LogP contribution in [-0.4, -0.2) is 13.1 Å². The van der Waals surface area contributed by atoms with Gasteiger partial charge in [0.25, 0.3) is 0 Å². The van der Waals surface area contributed by atoms with E-state index >= 15 is 0 Å². The number of halogens is 3. The zero-order valence-electron chi connectivity index (χ0n) is 8.30. The third-order valence-electron chi connectivity index (χ3n) is 2.74. The minimum absolute atomic E-state index is 0. The van der Waals surface area contributed by atoms with Gasteiger partial charge < -0.3 is 5.32 Å². The van der Waals surface area contributed by atoms with Crippen molar-refractivity contribution < 1.29 is 8.78 Å². The molecule has 1 fully saturated rings. The highest BCUT2D eigenvalue weighted by atomic mass is 35.5. The van der Waals surface area contributed by atoms with Gasteiger partial charge in [-0.15, -0.1) is 12.4 Å². The van der Waals surface area contributed by atoms with Crippen LogP contribution in [0.4, 0.5) is 8.78 Å². The van der Waals surface area contributed by atoms with E-state index < -0.39 is 0 Å². The van der Waals surface area contributed by atoms with Gasteiger partial charge in [0.05, 0.1) is 0 Å². The molecule has 0 spiro atoms. The summed E-state index contributed by atoms with van der Waals surface area (Å²) < 4.78 is 26.3. The van der Waals surface area contributed by atoms with Crippen LogP contribution in [0.5, 0.6) is 0 Å². The van der Waals surface area contributed by atoms with E-state index in [0.29, 0.717) is 5.56 Å². The van der Waals surface area contributed by atoms with Crippen LogP contribution in [-0.2, 0) is 0 Å². The summed E-state index contributed by atoms with van der Waals surface area (Å²) in [5.41, 5.74) is 0.534. The first-order valence-corrected chi connectivity index (χ1v) is 4.93. The van der Waals surface area contributed by atoms with Crippen molar-refractivity contribution in [1.82, 2.24) is 5.32 Å². The van der Waals surface area contributed by atoms with E-state index in [9.17, 15) is 8.78 Å². The maximum atomic E-state index is 13.4. The second-order valence-electron chi connectivity index (χ2n) is 3.69. The van der Waals surface area contributed by atoms with Crippen LogP contribution in [0.2, 0.25) is 0 Å². The molecule has 0 unspecified atom stereocenters. The molecule has 1 N–H and O–H groups in total. The van der Waals surface area contributed by atoms with Gasteiger partial charge in [0.2, 0.25) is 0 Å². The highest BCUT2D eigenvalue weighted by Crippen LogP contribution is 2.27. The van der Waals surface area contributed by atoms with Crippen molar-refractivity contribution in [2.45, 2.75) is 18.8 Å². The van der Waals surface area contributed by atoms with E-state index in [4.69, 9.17) is 0 Å². The van der Waals surface area contributed by atoms with Crippen LogP contribution in [0.25, 0.3) is 0 Å². The predicted molar refractivity (Wildman–Crippen MR) is 58.5 cm³/mol. The molecule has 0 amide bonds. The van der Waals surface area contributed by atoms with Crippen molar-refractivity contribution >= 4 is 12.4 Å². The van der Waals surface area contributed by atoms with Gasteiger partial charge in [-0.1, -0.05) is 0 Å². The fraction of sp³-hybridized carbons (Fsp3) is 0.455. The van der Waals surface area contributed by atoms with Crippen molar-refractivity contribution in [1.29, 1.82) is 0 Å². The highest BCUT2D eigenvalue weighted by molar-refractivity contribution is 5.85. The Morgan fingerprint density at radius 3 is 2.47 bits per heavy atom. The largest absolute Gasteiger partial charge is 0.317 e. The van der Waals surface area contributed by atoms with Gasteiger partial charge in [-0.25, -0.2) is 8.78 Å². The van der Waals surface area contributed by atoms with E-state index in [1.807, 2.05) is 0 Å². The Kier molecular flexibility index (Phi) is 4.48. The number of benzene rings is 1. The lowest BCUT2D eigenvalue weighted by Gasteiger charge is -2.23. The summed E-state index contributed by atoms with van der Waals surface area (Å²) in [5.74, 6) is -0.454. The first kappa shape index (κ1) is 12.4. The van der Waals surface area contributed by atoms with Crippen LogP contribution in [0, 0.1) is 11.6 Å². The summed E-state index contributed by atoms with van der Waals surface area (Å²) >= 11 is 0. The molecule has 15 heavy (non-hydrogen) atoms. The fourth-order valence-corrected chi connectivity index (χ4v) is 1.96. The third-order valence-corrected chi connectivity index (χ3v) is 2.74. The van der Waals surface area contributed by atoms with Crippen molar-refractivity contribution in [2.75, 3.05) is 13.1 Å². The smallest absolute Gasteiger partial charge is 0.126 e.